The lowest BCUT2D eigenvalue weighted by atomic mass is 10.0. The molecule has 1 aromatic heterocycles. The van der Waals surface area contributed by atoms with E-state index in [0.717, 1.165) is 36.1 Å². The predicted octanol–water partition coefficient (Wildman–Crippen LogP) is 3.28. The number of hydrogen-bond acceptors (Lipinski definition) is 4. The van der Waals surface area contributed by atoms with Crippen LogP contribution in [0.15, 0.2) is 0 Å². The van der Waals surface area contributed by atoms with Crippen LogP contribution >= 0.6 is 11.8 Å². The highest BCUT2D eigenvalue weighted by Crippen LogP contribution is 2.31. The second-order valence-electron chi connectivity index (χ2n) is 5.48. The van der Waals surface area contributed by atoms with Crippen molar-refractivity contribution in [3.63, 3.8) is 0 Å². The van der Waals surface area contributed by atoms with Crippen molar-refractivity contribution in [1.29, 1.82) is 0 Å². The van der Waals surface area contributed by atoms with Crippen molar-refractivity contribution in [3.8, 4) is 0 Å². The van der Waals surface area contributed by atoms with Crippen LogP contribution in [0.25, 0.3) is 0 Å². The maximum absolute atomic E-state index is 5.73. The van der Waals surface area contributed by atoms with Crippen LogP contribution in [-0.4, -0.2) is 21.8 Å². The smallest absolute Gasteiger partial charge is 0.138 e. The van der Waals surface area contributed by atoms with Crippen molar-refractivity contribution in [2.75, 3.05) is 6.54 Å². The van der Waals surface area contributed by atoms with E-state index in [1.165, 1.54) is 42.6 Å². The Labute approximate surface area is 127 Å². The largest absolute Gasteiger partial charge is 0.330 e. The first-order valence-corrected chi connectivity index (χ1v) is 9.02. The zero-order valence-electron chi connectivity index (χ0n) is 12.8. The molecule has 2 rings (SSSR count). The fourth-order valence-electron chi connectivity index (χ4n) is 2.97. The Morgan fingerprint density at radius 2 is 1.70 bits per heavy atom. The van der Waals surface area contributed by atoms with Gasteiger partial charge in [0.05, 0.1) is 5.75 Å². The SMILES string of the molecule is CCc1nc(CSC2CCCC2)nc(CC)c1CCN. The average Bonchev–Trinajstić information content (AvgIpc) is 2.99. The van der Waals surface area contributed by atoms with Crippen LogP contribution in [0.4, 0.5) is 0 Å². The molecule has 0 radical (unpaired) electrons. The van der Waals surface area contributed by atoms with Crippen molar-refractivity contribution in [2.24, 2.45) is 5.73 Å². The third kappa shape index (κ3) is 3.95. The maximum Gasteiger partial charge on any atom is 0.138 e. The fraction of sp³-hybridized carbons (Fsp3) is 0.750. The van der Waals surface area contributed by atoms with Gasteiger partial charge in [0.1, 0.15) is 5.82 Å². The molecule has 1 aliphatic carbocycles. The molecular weight excluding hydrogens is 266 g/mol. The van der Waals surface area contributed by atoms with Gasteiger partial charge in [-0.15, -0.1) is 0 Å². The van der Waals surface area contributed by atoms with Gasteiger partial charge in [0.25, 0.3) is 0 Å². The van der Waals surface area contributed by atoms with Gasteiger partial charge in [-0.2, -0.15) is 11.8 Å². The average molecular weight is 293 g/mol. The van der Waals surface area contributed by atoms with E-state index < -0.39 is 0 Å². The van der Waals surface area contributed by atoms with Crippen LogP contribution < -0.4 is 5.73 Å². The van der Waals surface area contributed by atoms with Gasteiger partial charge >= 0.3 is 0 Å². The quantitative estimate of drug-likeness (QED) is 0.838. The topological polar surface area (TPSA) is 51.8 Å². The van der Waals surface area contributed by atoms with Crippen LogP contribution in [0.3, 0.4) is 0 Å². The summed E-state index contributed by atoms with van der Waals surface area (Å²) in [5, 5.41) is 0.831. The third-order valence-corrected chi connectivity index (χ3v) is 5.41. The number of aryl methyl sites for hydroxylation is 2. The van der Waals surface area contributed by atoms with Crippen molar-refractivity contribution in [2.45, 2.75) is 69.8 Å². The second-order valence-corrected chi connectivity index (χ2v) is 6.76. The molecule has 0 aliphatic heterocycles. The van der Waals surface area contributed by atoms with E-state index in [2.05, 4.69) is 13.8 Å². The van der Waals surface area contributed by atoms with Gasteiger partial charge in [-0.05, 0) is 44.2 Å². The van der Waals surface area contributed by atoms with Crippen molar-refractivity contribution >= 4 is 11.8 Å². The molecule has 0 amide bonds. The molecule has 0 aromatic carbocycles. The van der Waals surface area contributed by atoms with E-state index in [1.807, 2.05) is 11.8 Å². The molecule has 1 aliphatic rings. The van der Waals surface area contributed by atoms with Gasteiger partial charge in [0, 0.05) is 16.6 Å². The van der Waals surface area contributed by atoms with Gasteiger partial charge in [-0.25, -0.2) is 9.97 Å². The summed E-state index contributed by atoms with van der Waals surface area (Å²) in [6, 6.07) is 0. The number of hydrogen-bond donors (Lipinski definition) is 1. The van der Waals surface area contributed by atoms with Gasteiger partial charge < -0.3 is 5.73 Å². The summed E-state index contributed by atoms with van der Waals surface area (Å²) >= 11 is 2.05. The van der Waals surface area contributed by atoms with E-state index in [9.17, 15) is 0 Å². The van der Waals surface area contributed by atoms with Gasteiger partial charge in [-0.3, -0.25) is 0 Å². The first-order valence-electron chi connectivity index (χ1n) is 7.97. The van der Waals surface area contributed by atoms with E-state index >= 15 is 0 Å². The first-order chi connectivity index (χ1) is 9.78. The van der Waals surface area contributed by atoms with Gasteiger partial charge in [0.2, 0.25) is 0 Å². The third-order valence-electron chi connectivity index (χ3n) is 4.04. The molecule has 1 heterocycles. The fourth-order valence-corrected chi connectivity index (χ4v) is 4.15. The number of nitrogens with two attached hydrogens (primary N) is 1. The van der Waals surface area contributed by atoms with Crippen LogP contribution in [0, 0.1) is 0 Å². The van der Waals surface area contributed by atoms with E-state index in [1.54, 1.807) is 0 Å². The minimum atomic E-state index is 0.680. The Morgan fingerprint density at radius 3 is 2.20 bits per heavy atom. The normalized spacial score (nSPS) is 15.9. The monoisotopic (exact) mass is 293 g/mol. The Morgan fingerprint density at radius 1 is 1.10 bits per heavy atom. The predicted molar refractivity (Wildman–Crippen MR) is 87.1 cm³/mol. The minimum Gasteiger partial charge on any atom is -0.330 e. The molecule has 0 spiro atoms. The highest BCUT2D eigenvalue weighted by Gasteiger charge is 2.17. The zero-order chi connectivity index (χ0) is 14.4. The molecule has 0 unspecified atom stereocenters. The van der Waals surface area contributed by atoms with E-state index in [0.29, 0.717) is 6.54 Å². The lowest BCUT2D eigenvalue weighted by Crippen LogP contribution is -2.13. The maximum atomic E-state index is 5.73. The highest BCUT2D eigenvalue weighted by molar-refractivity contribution is 7.99. The summed E-state index contributed by atoms with van der Waals surface area (Å²) in [6.45, 7) is 5.03. The van der Waals surface area contributed by atoms with Gasteiger partial charge in [-0.1, -0.05) is 26.7 Å². The molecule has 0 saturated heterocycles. The Bertz CT molecular complexity index is 403. The standard InChI is InChI=1S/C16H27N3S/c1-3-14-13(9-10-17)15(4-2)19-16(18-14)11-20-12-7-5-6-8-12/h12H,3-11,17H2,1-2H3. The first kappa shape index (κ1) is 15.8. The molecule has 1 fully saturated rings. The van der Waals surface area contributed by atoms with Crippen molar-refractivity contribution in [1.82, 2.24) is 9.97 Å². The summed E-state index contributed by atoms with van der Waals surface area (Å²) in [6.07, 6.45) is 8.40. The molecule has 3 nitrogen and oxygen atoms in total. The summed E-state index contributed by atoms with van der Waals surface area (Å²) < 4.78 is 0. The lowest BCUT2D eigenvalue weighted by Gasteiger charge is -2.14. The molecule has 1 saturated carbocycles. The lowest BCUT2D eigenvalue weighted by molar-refractivity contribution is 0.813. The van der Waals surface area contributed by atoms with Crippen LogP contribution in [-0.2, 0) is 25.0 Å². The molecule has 4 heteroatoms. The summed E-state index contributed by atoms with van der Waals surface area (Å²) in [5.41, 5.74) is 9.45. The molecule has 0 atom stereocenters. The summed E-state index contributed by atoms with van der Waals surface area (Å²) in [5.74, 6) is 1.99. The van der Waals surface area contributed by atoms with Gasteiger partial charge in [0.15, 0.2) is 0 Å². The molecular formula is C16H27N3S. The van der Waals surface area contributed by atoms with E-state index in [4.69, 9.17) is 15.7 Å². The molecule has 0 bridgehead atoms. The number of thioether (sulfide) groups is 1. The minimum absolute atomic E-state index is 0.680. The number of aromatic nitrogens is 2. The zero-order valence-corrected chi connectivity index (χ0v) is 13.6. The number of rotatable bonds is 7. The Kier molecular flexibility index (Phi) is 6.30. The van der Waals surface area contributed by atoms with Crippen LogP contribution in [0.2, 0.25) is 0 Å². The number of nitrogens with zero attached hydrogens (tertiary/aromatic N) is 2. The highest BCUT2D eigenvalue weighted by atomic mass is 32.2. The van der Waals surface area contributed by atoms with Crippen LogP contribution in [0.5, 0.6) is 0 Å². The molecule has 112 valence electrons. The Balaban J connectivity index is 2.11. The second kappa shape index (κ2) is 7.99. The summed E-state index contributed by atoms with van der Waals surface area (Å²) in [7, 11) is 0. The molecule has 20 heavy (non-hydrogen) atoms. The molecule has 1 aromatic rings. The van der Waals surface area contributed by atoms with Crippen molar-refractivity contribution in [3.05, 3.63) is 22.8 Å². The summed E-state index contributed by atoms with van der Waals surface area (Å²) in [4.78, 5) is 9.58. The van der Waals surface area contributed by atoms with E-state index in [-0.39, 0.29) is 0 Å². The Hall–Kier alpha value is -0.610. The molecule has 2 N–H and O–H groups in total. The van der Waals surface area contributed by atoms with Crippen LogP contribution in [0.1, 0.15) is 62.3 Å². The van der Waals surface area contributed by atoms with Crippen molar-refractivity contribution < 1.29 is 0 Å².